The molecule has 0 aromatic carbocycles. The van der Waals surface area contributed by atoms with Crippen LogP contribution in [0.3, 0.4) is 0 Å². The maximum atomic E-state index is 12.5. The van der Waals surface area contributed by atoms with E-state index in [1.807, 2.05) is 0 Å². The van der Waals surface area contributed by atoms with Gasteiger partial charge in [0.2, 0.25) is 5.91 Å². The Morgan fingerprint density at radius 2 is 1.45 bits per heavy atom. The van der Waals surface area contributed by atoms with Crippen molar-refractivity contribution in [3.05, 3.63) is 0 Å². The van der Waals surface area contributed by atoms with E-state index in [0.29, 0.717) is 23.4 Å². The second-order valence-corrected chi connectivity index (χ2v) is 8.77. The molecule has 0 heterocycles. The van der Waals surface area contributed by atoms with Crippen molar-refractivity contribution in [2.24, 2.45) is 28.9 Å². The third-order valence-corrected chi connectivity index (χ3v) is 6.84. The summed E-state index contributed by atoms with van der Waals surface area (Å²) in [5.41, 5.74) is 6.33. The summed E-state index contributed by atoms with van der Waals surface area (Å²) < 4.78 is 0. The SMILES string of the molecule is Cl.NC1CCC(NC(=O)CC23CC4CC(CC(C4)C2)C3)CC1. The van der Waals surface area contributed by atoms with Crippen LogP contribution in [0.4, 0.5) is 0 Å². The average molecular weight is 327 g/mol. The number of rotatable bonds is 3. The van der Waals surface area contributed by atoms with E-state index < -0.39 is 0 Å². The lowest BCUT2D eigenvalue weighted by Gasteiger charge is -2.56. The number of nitrogens with one attached hydrogen (secondary N) is 1. The Balaban J connectivity index is 0.00000144. The average Bonchev–Trinajstić information content (AvgIpc) is 2.39. The Bertz CT molecular complexity index is 382. The van der Waals surface area contributed by atoms with Gasteiger partial charge < -0.3 is 11.1 Å². The molecular formula is C18H31ClN2O. The van der Waals surface area contributed by atoms with Gasteiger partial charge >= 0.3 is 0 Å². The summed E-state index contributed by atoms with van der Waals surface area (Å²) in [5, 5.41) is 3.32. The number of carbonyl (C=O) groups is 1. The fourth-order valence-corrected chi connectivity index (χ4v) is 6.39. The van der Waals surface area contributed by atoms with Crippen molar-refractivity contribution in [1.29, 1.82) is 0 Å². The van der Waals surface area contributed by atoms with E-state index >= 15 is 0 Å². The van der Waals surface area contributed by atoms with Crippen LogP contribution in [0.25, 0.3) is 0 Å². The van der Waals surface area contributed by atoms with Crippen molar-refractivity contribution in [3.63, 3.8) is 0 Å². The first-order valence-electron chi connectivity index (χ1n) is 9.15. The van der Waals surface area contributed by atoms with Crippen LogP contribution in [-0.4, -0.2) is 18.0 Å². The molecule has 0 aromatic heterocycles. The van der Waals surface area contributed by atoms with Gasteiger partial charge in [-0.05, 0) is 87.4 Å². The van der Waals surface area contributed by atoms with Gasteiger partial charge in [0, 0.05) is 18.5 Å². The van der Waals surface area contributed by atoms with Crippen LogP contribution in [0.2, 0.25) is 0 Å². The first kappa shape index (κ1) is 16.6. The zero-order valence-corrected chi connectivity index (χ0v) is 14.4. The van der Waals surface area contributed by atoms with E-state index in [2.05, 4.69) is 5.32 Å². The summed E-state index contributed by atoms with van der Waals surface area (Å²) in [6.45, 7) is 0. The minimum atomic E-state index is 0. The normalized spacial score (nSPS) is 46.1. The number of amides is 1. The number of carbonyl (C=O) groups excluding carboxylic acids is 1. The first-order chi connectivity index (χ1) is 10.1. The molecule has 0 atom stereocenters. The Morgan fingerprint density at radius 3 is 1.95 bits per heavy atom. The minimum absolute atomic E-state index is 0. The lowest BCUT2D eigenvalue weighted by Crippen LogP contribution is -2.49. The van der Waals surface area contributed by atoms with Crippen molar-refractivity contribution in [1.82, 2.24) is 5.32 Å². The van der Waals surface area contributed by atoms with E-state index in [1.165, 1.54) is 38.5 Å². The van der Waals surface area contributed by atoms with Crippen LogP contribution >= 0.6 is 12.4 Å². The lowest BCUT2D eigenvalue weighted by atomic mass is 9.49. The van der Waals surface area contributed by atoms with Gasteiger partial charge in [-0.25, -0.2) is 0 Å². The molecule has 0 aliphatic heterocycles. The predicted molar refractivity (Wildman–Crippen MR) is 90.8 cm³/mol. The molecule has 5 rings (SSSR count). The van der Waals surface area contributed by atoms with E-state index in [0.717, 1.165) is 49.9 Å². The van der Waals surface area contributed by atoms with Crippen molar-refractivity contribution in [2.45, 2.75) is 82.7 Å². The van der Waals surface area contributed by atoms with Gasteiger partial charge in [0.1, 0.15) is 0 Å². The summed E-state index contributed by atoms with van der Waals surface area (Å²) in [4.78, 5) is 12.5. The van der Waals surface area contributed by atoms with Gasteiger partial charge in [0.15, 0.2) is 0 Å². The molecule has 0 aromatic rings. The molecule has 0 saturated heterocycles. The van der Waals surface area contributed by atoms with Crippen molar-refractivity contribution in [2.75, 3.05) is 0 Å². The fraction of sp³-hybridized carbons (Fsp3) is 0.944. The second kappa shape index (κ2) is 6.32. The highest BCUT2D eigenvalue weighted by Crippen LogP contribution is 2.61. The van der Waals surface area contributed by atoms with Gasteiger partial charge in [0.25, 0.3) is 0 Å². The van der Waals surface area contributed by atoms with Gasteiger partial charge in [-0.1, -0.05) is 0 Å². The third kappa shape index (κ3) is 3.31. The quantitative estimate of drug-likeness (QED) is 0.835. The molecular weight excluding hydrogens is 296 g/mol. The monoisotopic (exact) mass is 326 g/mol. The van der Waals surface area contributed by atoms with Crippen molar-refractivity contribution >= 4 is 18.3 Å². The lowest BCUT2D eigenvalue weighted by molar-refractivity contribution is -0.130. The summed E-state index contributed by atoms with van der Waals surface area (Å²) in [5.74, 6) is 3.16. The molecule has 5 aliphatic rings. The number of hydrogen-bond donors (Lipinski definition) is 2. The molecule has 4 bridgehead atoms. The van der Waals surface area contributed by atoms with Gasteiger partial charge in [0.05, 0.1) is 0 Å². The highest BCUT2D eigenvalue weighted by Gasteiger charge is 2.51. The van der Waals surface area contributed by atoms with E-state index in [-0.39, 0.29) is 12.4 Å². The Morgan fingerprint density at radius 1 is 0.955 bits per heavy atom. The molecule has 3 nitrogen and oxygen atoms in total. The largest absolute Gasteiger partial charge is 0.353 e. The number of halogens is 1. The summed E-state index contributed by atoms with van der Waals surface area (Å²) in [6, 6.07) is 0.757. The molecule has 4 heteroatoms. The van der Waals surface area contributed by atoms with E-state index in [1.54, 1.807) is 0 Å². The zero-order chi connectivity index (χ0) is 14.4. The maximum absolute atomic E-state index is 12.5. The van der Waals surface area contributed by atoms with Crippen molar-refractivity contribution in [3.8, 4) is 0 Å². The van der Waals surface area contributed by atoms with Crippen molar-refractivity contribution < 1.29 is 4.79 Å². The molecule has 0 radical (unpaired) electrons. The summed E-state index contributed by atoms with van der Waals surface area (Å²) in [6.07, 6.45) is 13.5. The first-order valence-corrected chi connectivity index (χ1v) is 9.15. The van der Waals surface area contributed by atoms with Gasteiger partial charge in [-0.15, -0.1) is 12.4 Å². The van der Waals surface area contributed by atoms with Crippen LogP contribution in [0.1, 0.15) is 70.6 Å². The highest BCUT2D eigenvalue weighted by atomic mass is 35.5. The fourth-order valence-electron chi connectivity index (χ4n) is 6.39. The molecule has 22 heavy (non-hydrogen) atoms. The van der Waals surface area contributed by atoms with Crippen LogP contribution < -0.4 is 11.1 Å². The van der Waals surface area contributed by atoms with Gasteiger partial charge in [-0.2, -0.15) is 0 Å². The zero-order valence-electron chi connectivity index (χ0n) is 13.6. The Hall–Kier alpha value is -0.280. The van der Waals surface area contributed by atoms with E-state index in [9.17, 15) is 4.79 Å². The predicted octanol–water partition coefficient (Wildman–Crippen LogP) is 3.40. The highest BCUT2D eigenvalue weighted by molar-refractivity contribution is 5.85. The minimum Gasteiger partial charge on any atom is -0.353 e. The molecule has 5 aliphatic carbocycles. The molecule has 3 N–H and O–H groups in total. The Kier molecular flexibility index (Phi) is 4.76. The molecule has 5 saturated carbocycles. The molecule has 1 amide bonds. The van der Waals surface area contributed by atoms with Crippen LogP contribution in [-0.2, 0) is 4.79 Å². The van der Waals surface area contributed by atoms with Gasteiger partial charge in [-0.3, -0.25) is 4.79 Å². The molecule has 126 valence electrons. The number of nitrogens with two attached hydrogens (primary N) is 1. The van der Waals surface area contributed by atoms with E-state index in [4.69, 9.17) is 5.73 Å². The molecule has 5 fully saturated rings. The molecule has 0 spiro atoms. The topological polar surface area (TPSA) is 55.1 Å². The van der Waals surface area contributed by atoms with Crippen LogP contribution in [0.5, 0.6) is 0 Å². The molecule has 0 unspecified atom stereocenters. The smallest absolute Gasteiger partial charge is 0.220 e. The third-order valence-electron chi connectivity index (χ3n) is 6.84. The standard InChI is InChI=1S/C18H30N2O.ClH/c19-15-1-3-16(4-2-15)20-17(21)11-18-8-12-5-13(9-18)7-14(6-12)10-18;/h12-16H,1-11,19H2,(H,20,21);1H. The van der Waals surface area contributed by atoms with Crippen LogP contribution in [0, 0.1) is 23.2 Å². The number of hydrogen-bond acceptors (Lipinski definition) is 2. The Labute approximate surface area is 140 Å². The summed E-state index contributed by atoms with van der Waals surface area (Å²) in [7, 11) is 0. The second-order valence-electron chi connectivity index (χ2n) is 8.77. The maximum Gasteiger partial charge on any atom is 0.220 e. The van der Waals surface area contributed by atoms with Crippen LogP contribution in [0.15, 0.2) is 0 Å². The summed E-state index contributed by atoms with van der Waals surface area (Å²) >= 11 is 0.